The Morgan fingerprint density at radius 3 is 2.53 bits per heavy atom. The second-order valence-corrected chi connectivity index (χ2v) is 6.09. The highest BCUT2D eigenvalue weighted by Gasteiger charge is 2.35. The maximum atomic E-state index is 12.0. The van der Waals surface area contributed by atoms with E-state index in [1.807, 2.05) is 10.3 Å². The molecule has 19 heavy (non-hydrogen) atoms. The van der Waals surface area contributed by atoms with E-state index in [9.17, 15) is 9.59 Å². The van der Waals surface area contributed by atoms with Crippen LogP contribution in [0.15, 0.2) is 11.6 Å². The normalized spacial score (nSPS) is 20.3. The van der Waals surface area contributed by atoms with Crippen LogP contribution < -0.4 is 5.32 Å². The van der Waals surface area contributed by atoms with Crippen molar-refractivity contribution < 1.29 is 9.59 Å². The molecule has 0 aromatic carbocycles. The molecular formula is C13H17N3O2S. The summed E-state index contributed by atoms with van der Waals surface area (Å²) in [6.07, 6.45) is 5.29. The van der Waals surface area contributed by atoms with Crippen LogP contribution in [0.5, 0.6) is 0 Å². The zero-order chi connectivity index (χ0) is 13.2. The number of likely N-dealkylation sites (tertiary alicyclic amines) is 1. The van der Waals surface area contributed by atoms with Gasteiger partial charge in [0, 0.05) is 36.5 Å². The molecule has 1 aliphatic carbocycles. The molecule has 0 bridgehead atoms. The Morgan fingerprint density at radius 1 is 1.21 bits per heavy atom. The van der Waals surface area contributed by atoms with E-state index in [1.165, 1.54) is 11.3 Å². The minimum atomic E-state index is 0.00662. The van der Waals surface area contributed by atoms with Crippen molar-refractivity contribution >= 4 is 28.3 Å². The lowest BCUT2D eigenvalue weighted by Crippen LogP contribution is -2.42. The summed E-state index contributed by atoms with van der Waals surface area (Å²) in [7, 11) is 0. The number of amides is 2. The lowest BCUT2D eigenvalue weighted by atomic mass is 9.95. The quantitative estimate of drug-likeness (QED) is 0.916. The van der Waals surface area contributed by atoms with Crippen LogP contribution in [0.3, 0.4) is 0 Å². The van der Waals surface area contributed by atoms with Gasteiger partial charge < -0.3 is 10.2 Å². The topological polar surface area (TPSA) is 62.3 Å². The van der Waals surface area contributed by atoms with Crippen molar-refractivity contribution in [3.05, 3.63) is 11.6 Å². The summed E-state index contributed by atoms with van der Waals surface area (Å²) in [5.74, 6) is 0.611. The predicted octanol–water partition coefficient (Wildman–Crippen LogP) is 1.73. The van der Waals surface area contributed by atoms with Gasteiger partial charge in [-0.3, -0.25) is 9.59 Å². The maximum Gasteiger partial charge on any atom is 0.229 e. The summed E-state index contributed by atoms with van der Waals surface area (Å²) < 4.78 is 0. The van der Waals surface area contributed by atoms with Crippen molar-refractivity contribution in [1.29, 1.82) is 0 Å². The molecule has 102 valence electrons. The molecular weight excluding hydrogens is 262 g/mol. The smallest absolute Gasteiger partial charge is 0.229 e. The first-order valence-electron chi connectivity index (χ1n) is 6.73. The largest absolute Gasteiger partial charge is 0.342 e. The van der Waals surface area contributed by atoms with Gasteiger partial charge in [-0.05, 0) is 25.7 Å². The van der Waals surface area contributed by atoms with E-state index >= 15 is 0 Å². The number of nitrogens with zero attached hydrogens (tertiary/aromatic N) is 2. The van der Waals surface area contributed by atoms with Gasteiger partial charge in [0.05, 0.1) is 0 Å². The van der Waals surface area contributed by atoms with E-state index in [-0.39, 0.29) is 17.7 Å². The molecule has 0 unspecified atom stereocenters. The van der Waals surface area contributed by atoms with Crippen LogP contribution in [0.2, 0.25) is 0 Å². The molecule has 1 aromatic heterocycles. The molecule has 2 aliphatic rings. The molecule has 1 aliphatic heterocycles. The van der Waals surface area contributed by atoms with Gasteiger partial charge in [-0.25, -0.2) is 4.98 Å². The summed E-state index contributed by atoms with van der Waals surface area (Å²) in [6.45, 7) is 1.43. The summed E-state index contributed by atoms with van der Waals surface area (Å²) >= 11 is 1.43. The van der Waals surface area contributed by atoms with Crippen LogP contribution in [-0.2, 0) is 9.59 Å². The molecule has 2 amide bonds. The third kappa shape index (κ3) is 2.94. The summed E-state index contributed by atoms with van der Waals surface area (Å²) in [6, 6.07) is 0. The average Bonchev–Trinajstić information content (AvgIpc) is 3.17. The Bertz CT molecular complexity index is 462. The molecule has 0 spiro atoms. The van der Waals surface area contributed by atoms with Gasteiger partial charge in [0.15, 0.2) is 5.13 Å². The molecule has 0 radical (unpaired) electrons. The fraction of sp³-hybridized carbons (Fsp3) is 0.615. The van der Waals surface area contributed by atoms with Crippen molar-refractivity contribution in [2.75, 3.05) is 18.4 Å². The standard InChI is InChI=1S/C13H17N3O2S/c17-11(15-13-14-5-8-19-13)9-3-6-16(7-4-9)12(18)10-1-2-10/h5,8-10H,1-4,6-7H2,(H,14,15,17). The SMILES string of the molecule is O=C(Nc1nccs1)C1CCN(C(=O)C2CC2)CC1. The van der Waals surface area contributed by atoms with Gasteiger partial charge in [0.1, 0.15) is 0 Å². The number of thiazole rings is 1. The predicted molar refractivity (Wildman–Crippen MR) is 72.8 cm³/mol. The third-order valence-corrected chi connectivity index (χ3v) is 4.45. The fourth-order valence-corrected chi connectivity index (χ4v) is 2.98. The number of carbonyl (C=O) groups is 2. The highest BCUT2D eigenvalue weighted by molar-refractivity contribution is 7.13. The van der Waals surface area contributed by atoms with Crippen LogP contribution in [-0.4, -0.2) is 34.8 Å². The van der Waals surface area contributed by atoms with E-state index in [1.54, 1.807) is 6.20 Å². The van der Waals surface area contributed by atoms with Gasteiger partial charge in [-0.2, -0.15) is 0 Å². The first-order valence-corrected chi connectivity index (χ1v) is 7.61. The highest BCUT2D eigenvalue weighted by Crippen LogP contribution is 2.32. The van der Waals surface area contributed by atoms with E-state index < -0.39 is 0 Å². The molecule has 3 rings (SSSR count). The van der Waals surface area contributed by atoms with Crippen LogP contribution in [0.25, 0.3) is 0 Å². The third-order valence-electron chi connectivity index (χ3n) is 3.77. The Kier molecular flexibility index (Phi) is 3.50. The molecule has 0 atom stereocenters. The van der Waals surface area contributed by atoms with Gasteiger partial charge >= 0.3 is 0 Å². The molecule has 5 nitrogen and oxygen atoms in total. The minimum absolute atomic E-state index is 0.00662. The van der Waals surface area contributed by atoms with Gasteiger partial charge in [0.2, 0.25) is 11.8 Å². The average molecular weight is 279 g/mol. The maximum absolute atomic E-state index is 12.0. The van der Waals surface area contributed by atoms with Gasteiger partial charge in [-0.15, -0.1) is 11.3 Å². The van der Waals surface area contributed by atoms with E-state index in [0.29, 0.717) is 24.1 Å². The van der Waals surface area contributed by atoms with Crippen molar-refractivity contribution in [2.45, 2.75) is 25.7 Å². The van der Waals surface area contributed by atoms with Gasteiger partial charge in [-0.1, -0.05) is 0 Å². The number of carbonyl (C=O) groups excluding carboxylic acids is 2. The van der Waals surface area contributed by atoms with Crippen LogP contribution in [0, 0.1) is 11.8 Å². The lowest BCUT2D eigenvalue weighted by molar-refractivity contribution is -0.135. The summed E-state index contributed by atoms with van der Waals surface area (Å²) in [4.78, 5) is 29.9. The second kappa shape index (κ2) is 5.28. The number of nitrogens with one attached hydrogen (secondary N) is 1. The van der Waals surface area contributed by atoms with Gasteiger partial charge in [0.25, 0.3) is 0 Å². The van der Waals surface area contributed by atoms with Crippen molar-refractivity contribution in [2.24, 2.45) is 11.8 Å². The molecule has 1 saturated carbocycles. The zero-order valence-corrected chi connectivity index (χ0v) is 11.5. The summed E-state index contributed by atoms with van der Waals surface area (Å²) in [5.41, 5.74) is 0. The molecule has 2 heterocycles. The van der Waals surface area contributed by atoms with Crippen molar-refractivity contribution in [1.82, 2.24) is 9.88 Å². The number of hydrogen-bond donors (Lipinski definition) is 1. The first kappa shape index (κ1) is 12.6. The first-order chi connectivity index (χ1) is 9.24. The number of anilines is 1. The summed E-state index contributed by atoms with van der Waals surface area (Å²) in [5, 5.41) is 5.33. The number of hydrogen-bond acceptors (Lipinski definition) is 4. The second-order valence-electron chi connectivity index (χ2n) is 5.20. The Balaban J connectivity index is 1.49. The molecule has 1 N–H and O–H groups in total. The van der Waals surface area contributed by atoms with Crippen molar-refractivity contribution in [3.63, 3.8) is 0 Å². The zero-order valence-electron chi connectivity index (χ0n) is 10.7. The number of piperidine rings is 1. The molecule has 6 heteroatoms. The van der Waals surface area contributed by atoms with Crippen LogP contribution in [0.1, 0.15) is 25.7 Å². The Hall–Kier alpha value is -1.43. The number of aromatic nitrogens is 1. The molecule has 2 fully saturated rings. The van der Waals surface area contributed by atoms with E-state index in [4.69, 9.17) is 0 Å². The number of rotatable bonds is 3. The lowest BCUT2D eigenvalue weighted by Gasteiger charge is -2.31. The minimum Gasteiger partial charge on any atom is -0.342 e. The highest BCUT2D eigenvalue weighted by atomic mass is 32.1. The molecule has 1 aromatic rings. The Morgan fingerprint density at radius 2 is 1.95 bits per heavy atom. The Labute approximate surface area is 116 Å². The molecule has 1 saturated heterocycles. The van der Waals surface area contributed by atoms with Crippen LogP contribution >= 0.6 is 11.3 Å². The van der Waals surface area contributed by atoms with Crippen molar-refractivity contribution in [3.8, 4) is 0 Å². The van der Waals surface area contributed by atoms with E-state index in [2.05, 4.69) is 10.3 Å². The monoisotopic (exact) mass is 279 g/mol. The fourth-order valence-electron chi connectivity index (χ4n) is 2.44. The van der Waals surface area contributed by atoms with E-state index in [0.717, 1.165) is 25.7 Å². The van der Waals surface area contributed by atoms with Crippen LogP contribution in [0.4, 0.5) is 5.13 Å².